The summed E-state index contributed by atoms with van der Waals surface area (Å²) in [6.07, 6.45) is 0.875. The predicted octanol–water partition coefficient (Wildman–Crippen LogP) is 0.900. The highest BCUT2D eigenvalue weighted by atomic mass is 16.5. The summed E-state index contributed by atoms with van der Waals surface area (Å²) >= 11 is 0. The Morgan fingerprint density at radius 3 is 2.83 bits per heavy atom. The first-order valence-corrected chi connectivity index (χ1v) is 3.98. The molecular weight excluding hydrogens is 152 g/mol. The van der Waals surface area contributed by atoms with E-state index in [1.54, 1.807) is 7.11 Å². The zero-order valence-electron chi connectivity index (χ0n) is 7.50. The Morgan fingerprint density at radius 1 is 1.50 bits per heavy atom. The highest BCUT2D eigenvalue weighted by molar-refractivity contribution is 5.24. The van der Waals surface area contributed by atoms with E-state index >= 15 is 0 Å². The highest BCUT2D eigenvalue weighted by Gasteiger charge is 1.98. The normalized spacial score (nSPS) is 9.92. The van der Waals surface area contributed by atoms with E-state index in [1.807, 2.05) is 19.1 Å². The van der Waals surface area contributed by atoms with Crippen molar-refractivity contribution in [2.24, 2.45) is 5.73 Å². The number of nitrogens with zero attached hydrogens (tertiary/aromatic N) is 1. The average molecular weight is 166 g/mol. The van der Waals surface area contributed by atoms with Crippen LogP contribution in [0.15, 0.2) is 12.1 Å². The van der Waals surface area contributed by atoms with Gasteiger partial charge in [0.25, 0.3) is 0 Å². The van der Waals surface area contributed by atoms with Gasteiger partial charge in [-0.2, -0.15) is 0 Å². The lowest BCUT2D eigenvalue weighted by atomic mass is 10.2. The van der Waals surface area contributed by atoms with Crippen molar-refractivity contribution in [1.82, 2.24) is 4.98 Å². The molecule has 0 unspecified atom stereocenters. The zero-order valence-corrected chi connectivity index (χ0v) is 7.50. The molecule has 0 aromatic carbocycles. The molecule has 12 heavy (non-hydrogen) atoms. The van der Waals surface area contributed by atoms with Crippen molar-refractivity contribution in [3.05, 3.63) is 23.4 Å². The Labute approximate surface area is 72.6 Å². The summed E-state index contributed by atoms with van der Waals surface area (Å²) in [5, 5.41) is 0. The van der Waals surface area contributed by atoms with Crippen molar-refractivity contribution in [2.75, 3.05) is 13.7 Å². The molecule has 0 aliphatic carbocycles. The maximum absolute atomic E-state index is 5.44. The van der Waals surface area contributed by atoms with Gasteiger partial charge in [-0.15, -0.1) is 0 Å². The molecule has 0 amide bonds. The molecule has 0 bridgehead atoms. The van der Waals surface area contributed by atoms with Gasteiger partial charge in [0.15, 0.2) is 0 Å². The SMILES string of the molecule is COc1cc(CCN)cc(C)n1. The van der Waals surface area contributed by atoms with Gasteiger partial charge in [-0.3, -0.25) is 0 Å². The number of hydrogen-bond donors (Lipinski definition) is 1. The minimum atomic E-state index is 0.659. The third-order valence-corrected chi connectivity index (χ3v) is 1.63. The van der Waals surface area contributed by atoms with E-state index in [-0.39, 0.29) is 0 Å². The van der Waals surface area contributed by atoms with Crippen LogP contribution in [0.25, 0.3) is 0 Å². The molecule has 0 radical (unpaired) electrons. The molecule has 0 aliphatic heterocycles. The number of nitrogens with two attached hydrogens (primary N) is 1. The standard InChI is InChI=1S/C9H14N2O/c1-7-5-8(3-4-10)6-9(11-7)12-2/h5-6H,3-4,10H2,1-2H3. The van der Waals surface area contributed by atoms with Crippen LogP contribution in [0.4, 0.5) is 0 Å². The van der Waals surface area contributed by atoms with Crippen molar-refractivity contribution >= 4 is 0 Å². The molecule has 0 spiro atoms. The Morgan fingerprint density at radius 2 is 2.25 bits per heavy atom. The molecule has 0 atom stereocenters. The zero-order chi connectivity index (χ0) is 8.97. The van der Waals surface area contributed by atoms with E-state index in [0.717, 1.165) is 12.1 Å². The predicted molar refractivity (Wildman–Crippen MR) is 48.3 cm³/mol. The van der Waals surface area contributed by atoms with Crippen LogP contribution >= 0.6 is 0 Å². The number of rotatable bonds is 3. The van der Waals surface area contributed by atoms with Crippen molar-refractivity contribution in [2.45, 2.75) is 13.3 Å². The van der Waals surface area contributed by atoms with E-state index in [2.05, 4.69) is 4.98 Å². The van der Waals surface area contributed by atoms with Gasteiger partial charge >= 0.3 is 0 Å². The summed E-state index contributed by atoms with van der Waals surface area (Å²) in [7, 11) is 1.62. The largest absolute Gasteiger partial charge is 0.481 e. The maximum atomic E-state index is 5.44. The molecule has 0 aliphatic rings. The molecule has 1 rings (SSSR count). The summed E-state index contributed by atoms with van der Waals surface area (Å²) < 4.78 is 5.03. The second-order valence-electron chi connectivity index (χ2n) is 2.70. The molecule has 1 heterocycles. The summed E-state index contributed by atoms with van der Waals surface area (Å²) in [6, 6.07) is 3.94. The smallest absolute Gasteiger partial charge is 0.213 e. The Kier molecular flexibility index (Phi) is 3.05. The van der Waals surface area contributed by atoms with E-state index in [4.69, 9.17) is 10.5 Å². The molecule has 1 aromatic heterocycles. The van der Waals surface area contributed by atoms with Crippen LogP contribution in [-0.2, 0) is 6.42 Å². The molecule has 2 N–H and O–H groups in total. The first-order valence-electron chi connectivity index (χ1n) is 3.98. The van der Waals surface area contributed by atoms with Crippen molar-refractivity contribution in [3.63, 3.8) is 0 Å². The fourth-order valence-corrected chi connectivity index (χ4v) is 1.12. The van der Waals surface area contributed by atoms with Crippen LogP contribution in [0, 0.1) is 6.92 Å². The van der Waals surface area contributed by atoms with Crippen molar-refractivity contribution < 1.29 is 4.74 Å². The average Bonchev–Trinajstić information content (AvgIpc) is 2.04. The van der Waals surface area contributed by atoms with E-state index in [9.17, 15) is 0 Å². The first-order chi connectivity index (χ1) is 5.76. The minimum Gasteiger partial charge on any atom is -0.481 e. The number of aromatic nitrogens is 1. The van der Waals surface area contributed by atoms with Crippen molar-refractivity contribution in [1.29, 1.82) is 0 Å². The third kappa shape index (κ3) is 2.20. The number of ether oxygens (including phenoxy) is 1. The molecule has 0 fully saturated rings. The van der Waals surface area contributed by atoms with Gasteiger partial charge in [0.1, 0.15) is 0 Å². The van der Waals surface area contributed by atoms with Crippen LogP contribution in [0.5, 0.6) is 5.88 Å². The van der Waals surface area contributed by atoms with Gasteiger partial charge in [-0.25, -0.2) is 4.98 Å². The molecule has 3 heteroatoms. The first kappa shape index (κ1) is 9.00. The molecule has 0 saturated carbocycles. The Bertz CT molecular complexity index is 261. The number of hydrogen-bond acceptors (Lipinski definition) is 3. The molecule has 0 saturated heterocycles. The van der Waals surface area contributed by atoms with Crippen LogP contribution in [0.3, 0.4) is 0 Å². The Balaban J connectivity index is 2.90. The van der Waals surface area contributed by atoms with Gasteiger partial charge in [0, 0.05) is 11.8 Å². The topological polar surface area (TPSA) is 48.1 Å². The van der Waals surface area contributed by atoms with Crippen LogP contribution < -0.4 is 10.5 Å². The number of pyridine rings is 1. The van der Waals surface area contributed by atoms with Crippen LogP contribution in [-0.4, -0.2) is 18.6 Å². The lowest BCUT2D eigenvalue weighted by molar-refractivity contribution is 0.396. The fraction of sp³-hybridized carbons (Fsp3) is 0.444. The van der Waals surface area contributed by atoms with Crippen molar-refractivity contribution in [3.8, 4) is 5.88 Å². The lowest BCUT2D eigenvalue weighted by Crippen LogP contribution is -2.03. The second kappa shape index (κ2) is 4.07. The van der Waals surface area contributed by atoms with E-state index < -0.39 is 0 Å². The maximum Gasteiger partial charge on any atom is 0.213 e. The van der Waals surface area contributed by atoms with Gasteiger partial charge < -0.3 is 10.5 Å². The third-order valence-electron chi connectivity index (χ3n) is 1.63. The second-order valence-corrected chi connectivity index (χ2v) is 2.70. The molecule has 66 valence electrons. The lowest BCUT2D eigenvalue weighted by Gasteiger charge is -2.03. The quantitative estimate of drug-likeness (QED) is 0.725. The summed E-state index contributed by atoms with van der Waals surface area (Å²) in [4.78, 5) is 4.17. The molecule has 3 nitrogen and oxygen atoms in total. The number of methoxy groups -OCH3 is 1. The van der Waals surface area contributed by atoms with Gasteiger partial charge in [0.2, 0.25) is 5.88 Å². The van der Waals surface area contributed by atoms with Crippen LogP contribution in [0.1, 0.15) is 11.3 Å². The highest BCUT2D eigenvalue weighted by Crippen LogP contribution is 2.11. The van der Waals surface area contributed by atoms with E-state index in [0.29, 0.717) is 12.4 Å². The summed E-state index contributed by atoms with van der Waals surface area (Å²) in [5.74, 6) is 0.665. The number of aryl methyl sites for hydroxylation is 1. The van der Waals surface area contributed by atoms with Gasteiger partial charge in [-0.05, 0) is 31.5 Å². The van der Waals surface area contributed by atoms with E-state index in [1.165, 1.54) is 5.56 Å². The molecule has 1 aromatic rings. The summed E-state index contributed by atoms with van der Waals surface area (Å²) in [5.41, 5.74) is 7.59. The van der Waals surface area contributed by atoms with Gasteiger partial charge in [0.05, 0.1) is 7.11 Å². The fourth-order valence-electron chi connectivity index (χ4n) is 1.12. The minimum absolute atomic E-state index is 0.659. The summed E-state index contributed by atoms with van der Waals surface area (Å²) in [6.45, 7) is 2.61. The monoisotopic (exact) mass is 166 g/mol. The van der Waals surface area contributed by atoms with Gasteiger partial charge in [-0.1, -0.05) is 0 Å². The Hall–Kier alpha value is -1.09. The van der Waals surface area contributed by atoms with Crippen LogP contribution in [0.2, 0.25) is 0 Å². The molecular formula is C9H14N2O.